The minimum absolute atomic E-state index is 0.404. The molecule has 0 spiro atoms. The quantitative estimate of drug-likeness (QED) is 0.502. The molecule has 5 heteroatoms. The minimum Gasteiger partial charge on any atom is -0.409 e. The van der Waals surface area contributed by atoms with Crippen molar-refractivity contribution in [2.75, 3.05) is 5.73 Å². The van der Waals surface area contributed by atoms with E-state index in [9.17, 15) is 4.79 Å². The van der Waals surface area contributed by atoms with Crippen molar-refractivity contribution in [3.8, 4) is 5.75 Å². The van der Waals surface area contributed by atoms with Gasteiger partial charge in [0.2, 0.25) is 0 Å². The van der Waals surface area contributed by atoms with Crippen molar-refractivity contribution >= 4 is 18.0 Å². The zero-order chi connectivity index (χ0) is 13.5. The van der Waals surface area contributed by atoms with Crippen molar-refractivity contribution in [1.82, 2.24) is 5.43 Å². The summed E-state index contributed by atoms with van der Waals surface area (Å²) in [6.45, 7) is 0. The van der Waals surface area contributed by atoms with Crippen molar-refractivity contribution in [2.45, 2.75) is 0 Å². The molecule has 0 heterocycles. The highest BCUT2D eigenvalue weighted by Gasteiger charge is 2.01. The zero-order valence-corrected chi connectivity index (χ0v) is 10.1. The average Bonchev–Trinajstić information content (AvgIpc) is 2.43. The lowest BCUT2D eigenvalue weighted by molar-refractivity contribution is 0.201. The summed E-state index contributed by atoms with van der Waals surface area (Å²) in [5.41, 5.74) is 9.28. The van der Waals surface area contributed by atoms with E-state index < -0.39 is 6.09 Å². The van der Waals surface area contributed by atoms with Gasteiger partial charge >= 0.3 is 6.09 Å². The van der Waals surface area contributed by atoms with Crippen molar-refractivity contribution in [2.24, 2.45) is 5.10 Å². The van der Waals surface area contributed by atoms with Crippen LogP contribution in [0.4, 0.5) is 10.5 Å². The van der Waals surface area contributed by atoms with Gasteiger partial charge in [0.05, 0.1) is 6.21 Å². The van der Waals surface area contributed by atoms with E-state index >= 15 is 0 Å². The standard InChI is InChI=1S/C14H13N3O2/c15-12-6-8-13(9-7-12)19-14(18)17-16-10-11-4-2-1-3-5-11/h1-10H,15H2,(H,17,18)/b16-10+. The van der Waals surface area contributed by atoms with Crippen LogP contribution in [0, 0.1) is 0 Å². The second-order valence-electron chi connectivity index (χ2n) is 3.74. The molecule has 0 unspecified atom stereocenters. The summed E-state index contributed by atoms with van der Waals surface area (Å²) in [6.07, 6.45) is 0.876. The Morgan fingerprint density at radius 1 is 1.11 bits per heavy atom. The summed E-state index contributed by atoms with van der Waals surface area (Å²) in [5.74, 6) is 0.404. The molecule has 0 aliphatic carbocycles. The third-order valence-electron chi connectivity index (χ3n) is 2.26. The van der Waals surface area contributed by atoms with Gasteiger partial charge in [-0.2, -0.15) is 5.10 Å². The number of nitrogen functional groups attached to an aromatic ring is 1. The van der Waals surface area contributed by atoms with E-state index in [1.165, 1.54) is 6.21 Å². The number of hydrogen-bond acceptors (Lipinski definition) is 4. The Labute approximate surface area is 110 Å². The van der Waals surface area contributed by atoms with Gasteiger partial charge < -0.3 is 10.5 Å². The molecule has 0 saturated heterocycles. The van der Waals surface area contributed by atoms with Crippen molar-refractivity contribution in [1.29, 1.82) is 0 Å². The Balaban J connectivity index is 1.85. The Morgan fingerprint density at radius 2 is 1.79 bits per heavy atom. The number of ether oxygens (including phenoxy) is 1. The van der Waals surface area contributed by atoms with E-state index in [1.54, 1.807) is 24.3 Å². The number of benzene rings is 2. The minimum atomic E-state index is -0.656. The summed E-state index contributed by atoms with van der Waals surface area (Å²) in [5, 5.41) is 3.78. The second kappa shape index (κ2) is 6.20. The molecule has 1 amide bonds. The highest BCUT2D eigenvalue weighted by Crippen LogP contribution is 2.12. The number of nitrogens with zero attached hydrogens (tertiary/aromatic N) is 1. The Hall–Kier alpha value is -2.82. The molecule has 96 valence electrons. The molecular formula is C14H13N3O2. The number of hydrogen-bond donors (Lipinski definition) is 2. The average molecular weight is 255 g/mol. The van der Waals surface area contributed by atoms with Crippen LogP contribution < -0.4 is 15.9 Å². The smallest absolute Gasteiger partial charge is 0.409 e. The van der Waals surface area contributed by atoms with Crippen LogP contribution in [0.15, 0.2) is 59.7 Å². The normalized spacial score (nSPS) is 10.3. The monoisotopic (exact) mass is 255 g/mol. The highest BCUT2D eigenvalue weighted by molar-refractivity contribution is 5.81. The van der Waals surface area contributed by atoms with Gasteiger partial charge in [-0.05, 0) is 29.8 Å². The lowest BCUT2D eigenvalue weighted by Gasteiger charge is -2.02. The van der Waals surface area contributed by atoms with Gasteiger partial charge in [0.15, 0.2) is 0 Å². The Morgan fingerprint density at radius 3 is 2.47 bits per heavy atom. The first-order chi connectivity index (χ1) is 9.24. The SMILES string of the molecule is Nc1ccc(OC(=O)N/N=C/c2ccccc2)cc1. The molecule has 0 bridgehead atoms. The molecule has 5 nitrogen and oxygen atoms in total. The van der Waals surface area contributed by atoms with E-state index in [0.717, 1.165) is 5.56 Å². The molecule has 0 atom stereocenters. The van der Waals surface area contributed by atoms with Crippen LogP contribution in [0.2, 0.25) is 0 Å². The zero-order valence-electron chi connectivity index (χ0n) is 10.1. The number of carbonyl (C=O) groups excluding carboxylic acids is 1. The van der Waals surface area contributed by atoms with Gasteiger partial charge in [-0.25, -0.2) is 10.2 Å². The number of amides is 1. The topological polar surface area (TPSA) is 76.7 Å². The molecular weight excluding hydrogens is 242 g/mol. The van der Waals surface area contributed by atoms with Crippen LogP contribution in [0.1, 0.15) is 5.56 Å². The molecule has 0 radical (unpaired) electrons. The number of rotatable bonds is 3. The number of nitrogens with one attached hydrogen (secondary N) is 1. The fourth-order valence-corrected chi connectivity index (χ4v) is 1.36. The van der Waals surface area contributed by atoms with Gasteiger partial charge in [0.1, 0.15) is 5.75 Å². The van der Waals surface area contributed by atoms with E-state index in [-0.39, 0.29) is 0 Å². The van der Waals surface area contributed by atoms with E-state index in [4.69, 9.17) is 10.5 Å². The van der Waals surface area contributed by atoms with E-state index in [0.29, 0.717) is 11.4 Å². The van der Waals surface area contributed by atoms with Gasteiger partial charge in [-0.15, -0.1) is 0 Å². The maximum Gasteiger partial charge on any atom is 0.433 e. The Bertz CT molecular complexity index is 565. The van der Waals surface area contributed by atoms with Crippen molar-refractivity contribution in [3.63, 3.8) is 0 Å². The fraction of sp³-hybridized carbons (Fsp3) is 0. The summed E-state index contributed by atoms with van der Waals surface area (Å²) in [7, 11) is 0. The molecule has 0 fully saturated rings. The molecule has 0 aromatic heterocycles. The van der Waals surface area contributed by atoms with Gasteiger partial charge in [0.25, 0.3) is 0 Å². The van der Waals surface area contributed by atoms with Crippen molar-refractivity contribution < 1.29 is 9.53 Å². The van der Waals surface area contributed by atoms with Crippen LogP contribution in [0.3, 0.4) is 0 Å². The molecule has 2 aromatic carbocycles. The largest absolute Gasteiger partial charge is 0.433 e. The van der Waals surface area contributed by atoms with E-state index in [1.807, 2.05) is 30.3 Å². The number of anilines is 1. The lowest BCUT2D eigenvalue weighted by atomic mass is 10.2. The maximum atomic E-state index is 11.4. The molecule has 0 aliphatic heterocycles. The van der Waals surface area contributed by atoms with Gasteiger partial charge in [-0.1, -0.05) is 30.3 Å². The van der Waals surface area contributed by atoms with Crippen LogP contribution in [-0.2, 0) is 0 Å². The Kier molecular flexibility index (Phi) is 4.12. The summed E-state index contributed by atoms with van der Waals surface area (Å²) >= 11 is 0. The fourth-order valence-electron chi connectivity index (χ4n) is 1.36. The lowest BCUT2D eigenvalue weighted by Crippen LogP contribution is -2.21. The van der Waals surface area contributed by atoms with Crippen molar-refractivity contribution in [3.05, 3.63) is 60.2 Å². The summed E-state index contributed by atoms with van der Waals surface area (Å²) in [4.78, 5) is 11.4. The van der Waals surface area contributed by atoms with Gasteiger partial charge in [-0.3, -0.25) is 0 Å². The van der Waals surface area contributed by atoms with Crippen LogP contribution >= 0.6 is 0 Å². The molecule has 0 aliphatic rings. The predicted octanol–water partition coefficient (Wildman–Crippen LogP) is 2.39. The first-order valence-corrected chi connectivity index (χ1v) is 5.65. The molecule has 3 N–H and O–H groups in total. The maximum absolute atomic E-state index is 11.4. The number of nitrogens with two attached hydrogens (primary N) is 1. The number of carbonyl (C=O) groups is 1. The molecule has 2 aromatic rings. The third-order valence-corrected chi connectivity index (χ3v) is 2.26. The number of hydrazone groups is 1. The molecule has 19 heavy (non-hydrogen) atoms. The summed E-state index contributed by atoms with van der Waals surface area (Å²) < 4.78 is 4.99. The van der Waals surface area contributed by atoms with Crippen LogP contribution in [0.25, 0.3) is 0 Å². The molecule has 2 rings (SSSR count). The van der Waals surface area contributed by atoms with E-state index in [2.05, 4.69) is 10.5 Å². The molecule has 0 saturated carbocycles. The van der Waals surface area contributed by atoms with Crippen LogP contribution in [-0.4, -0.2) is 12.3 Å². The van der Waals surface area contributed by atoms with Crippen LogP contribution in [0.5, 0.6) is 5.75 Å². The van der Waals surface area contributed by atoms with Gasteiger partial charge in [0, 0.05) is 5.69 Å². The third kappa shape index (κ3) is 4.16. The second-order valence-corrected chi connectivity index (χ2v) is 3.74. The first kappa shape index (κ1) is 12.6. The summed E-state index contributed by atoms with van der Waals surface area (Å²) in [6, 6.07) is 15.9. The highest BCUT2D eigenvalue weighted by atomic mass is 16.6. The predicted molar refractivity (Wildman–Crippen MR) is 74.1 cm³/mol. The first-order valence-electron chi connectivity index (χ1n) is 5.65.